The van der Waals surface area contributed by atoms with Crippen LogP contribution in [0.2, 0.25) is 5.02 Å². The molecule has 1 amide bonds. The van der Waals surface area contributed by atoms with Crippen LogP contribution in [0.5, 0.6) is 11.5 Å². The van der Waals surface area contributed by atoms with Crippen molar-refractivity contribution >= 4 is 29.3 Å². The van der Waals surface area contributed by atoms with Crippen molar-refractivity contribution in [1.82, 2.24) is 5.32 Å². The first kappa shape index (κ1) is 19.9. The van der Waals surface area contributed by atoms with Gasteiger partial charge in [-0.2, -0.15) is 0 Å². The molecule has 0 fully saturated rings. The molecule has 0 aliphatic carbocycles. The number of halogens is 1. The van der Waals surface area contributed by atoms with E-state index in [1.165, 1.54) is 0 Å². The van der Waals surface area contributed by atoms with Gasteiger partial charge in [-0.3, -0.25) is 4.79 Å². The first-order valence-corrected chi connectivity index (χ1v) is 10.4. The largest absolute Gasteiger partial charge is 0.497 e. The summed E-state index contributed by atoms with van der Waals surface area (Å²) in [5, 5.41) is 3.89. The molecule has 1 N–H and O–H groups in total. The predicted octanol–water partition coefficient (Wildman–Crippen LogP) is 5.00. The van der Waals surface area contributed by atoms with Crippen LogP contribution in [0.25, 0.3) is 0 Å². The molecule has 1 aliphatic rings. The maximum absolute atomic E-state index is 12.5. The zero-order chi connectivity index (χ0) is 19.4. The number of rotatable bonds is 6. The number of fused-ring (bicyclic) bond motifs is 1. The number of hydrogen-bond acceptors (Lipinski definition) is 4. The number of benzene rings is 2. The molecule has 1 aliphatic heterocycles. The Bertz CT molecular complexity index is 825. The van der Waals surface area contributed by atoms with E-state index in [1.807, 2.05) is 56.3 Å². The molecule has 0 saturated heterocycles. The van der Waals surface area contributed by atoms with Crippen molar-refractivity contribution < 1.29 is 14.3 Å². The Kier molecular flexibility index (Phi) is 6.22. The van der Waals surface area contributed by atoms with Crippen molar-refractivity contribution in [3.63, 3.8) is 0 Å². The lowest BCUT2D eigenvalue weighted by Crippen LogP contribution is -2.41. The van der Waals surface area contributed by atoms with Gasteiger partial charge in [0, 0.05) is 28.8 Å². The maximum Gasteiger partial charge on any atom is 0.230 e. The minimum Gasteiger partial charge on any atom is -0.497 e. The second kappa shape index (κ2) is 8.44. The second-order valence-electron chi connectivity index (χ2n) is 7.17. The summed E-state index contributed by atoms with van der Waals surface area (Å²) in [6.07, 6.45) is 0.716. The van der Waals surface area contributed by atoms with Gasteiger partial charge in [-0.25, -0.2) is 0 Å². The molecule has 1 atom stereocenters. The highest BCUT2D eigenvalue weighted by Crippen LogP contribution is 2.41. The molecule has 4 nitrogen and oxygen atoms in total. The van der Waals surface area contributed by atoms with Crippen LogP contribution in [-0.2, 0) is 10.5 Å². The van der Waals surface area contributed by atoms with Crippen LogP contribution in [0.3, 0.4) is 0 Å². The van der Waals surface area contributed by atoms with Gasteiger partial charge in [0.05, 0.1) is 18.9 Å². The third-order valence-corrected chi connectivity index (χ3v) is 5.81. The van der Waals surface area contributed by atoms with Crippen LogP contribution in [0.4, 0.5) is 0 Å². The Morgan fingerprint density at radius 1 is 1.33 bits per heavy atom. The van der Waals surface area contributed by atoms with E-state index in [1.54, 1.807) is 18.9 Å². The van der Waals surface area contributed by atoms with E-state index in [0.29, 0.717) is 17.9 Å². The number of ether oxygens (including phenoxy) is 2. The van der Waals surface area contributed by atoms with E-state index >= 15 is 0 Å². The van der Waals surface area contributed by atoms with E-state index in [9.17, 15) is 4.79 Å². The molecule has 27 heavy (non-hydrogen) atoms. The number of thioether (sulfide) groups is 1. The lowest BCUT2D eigenvalue weighted by Gasteiger charge is -2.38. The van der Waals surface area contributed by atoms with Crippen molar-refractivity contribution in [3.05, 3.63) is 58.6 Å². The second-order valence-corrected chi connectivity index (χ2v) is 8.57. The van der Waals surface area contributed by atoms with Crippen LogP contribution in [0, 0.1) is 0 Å². The molecule has 2 aromatic rings. The summed E-state index contributed by atoms with van der Waals surface area (Å²) in [7, 11) is 1.63. The molecular formula is C21H24ClNO3S. The van der Waals surface area contributed by atoms with Gasteiger partial charge in [-0.05, 0) is 37.6 Å². The van der Waals surface area contributed by atoms with Gasteiger partial charge in [0.2, 0.25) is 5.91 Å². The molecule has 2 aromatic carbocycles. The molecule has 0 aromatic heterocycles. The summed E-state index contributed by atoms with van der Waals surface area (Å²) in [4.78, 5) is 12.5. The Labute approximate surface area is 169 Å². The molecule has 0 unspecified atom stereocenters. The number of methoxy groups -OCH3 is 1. The van der Waals surface area contributed by atoms with E-state index in [4.69, 9.17) is 21.1 Å². The highest BCUT2D eigenvalue weighted by atomic mass is 35.5. The Balaban J connectivity index is 1.63. The average molecular weight is 406 g/mol. The lowest BCUT2D eigenvalue weighted by atomic mass is 9.89. The zero-order valence-corrected chi connectivity index (χ0v) is 17.3. The number of carbonyl (C=O) groups is 1. The van der Waals surface area contributed by atoms with Crippen LogP contribution in [0.1, 0.15) is 37.4 Å². The van der Waals surface area contributed by atoms with Crippen molar-refractivity contribution in [2.45, 2.75) is 37.7 Å². The van der Waals surface area contributed by atoms with Crippen LogP contribution < -0.4 is 14.8 Å². The van der Waals surface area contributed by atoms with Crippen molar-refractivity contribution in [2.24, 2.45) is 0 Å². The highest BCUT2D eigenvalue weighted by molar-refractivity contribution is 7.99. The number of amides is 1. The van der Waals surface area contributed by atoms with Crippen molar-refractivity contribution in [1.29, 1.82) is 0 Å². The molecule has 0 radical (unpaired) electrons. The quantitative estimate of drug-likeness (QED) is 0.734. The van der Waals surface area contributed by atoms with E-state index in [-0.39, 0.29) is 17.6 Å². The van der Waals surface area contributed by atoms with Gasteiger partial charge in [-0.15, -0.1) is 11.8 Å². The zero-order valence-electron chi connectivity index (χ0n) is 15.8. The van der Waals surface area contributed by atoms with Crippen molar-refractivity contribution in [3.8, 4) is 11.5 Å². The number of carbonyl (C=O) groups excluding carboxylic acids is 1. The molecule has 0 saturated carbocycles. The maximum atomic E-state index is 12.5. The topological polar surface area (TPSA) is 47.6 Å². The Morgan fingerprint density at radius 2 is 2.11 bits per heavy atom. The fourth-order valence-corrected chi connectivity index (χ4v) is 4.32. The first-order chi connectivity index (χ1) is 12.9. The van der Waals surface area contributed by atoms with Gasteiger partial charge >= 0.3 is 0 Å². The highest BCUT2D eigenvalue weighted by Gasteiger charge is 2.34. The summed E-state index contributed by atoms with van der Waals surface area (Å²) in [5.41, 5.74) is 1.67. The van der Waals surface area contributed by atoms with E-state index in [0.717, 1.165) is 27.6 Å². The normalized spacial score (nSPS) is 17.6. The number of hydrogen-bond donors (Lipinski definition) is 1. The predicted molar refractivity (Wildman–Crippen MR) is 111 cm³/mol. The molecular weight excluding hydrogens is 382 g/mol. The van der Waals surface area contributed by atoms with E-state index < -0.39 is 0 Å². The standard InChI is InChI=1S/C21H24ClNO3S/c1-21(2)11-18(16-9-8-15(25-3)10-19(16)26-21)23-20(24)13-27-12-14-6-4-5-7-17(14)22/h4-10,18H,11-13H2,1-3H3,(H,23,24)/t18-/m1/s1. The number of nitrogens with one attached hydrogen (secondary N) is 1. The lowest BCUT2D eigenvalue weighted by molar-refractivity contribution is -0.119. The molecule has 6 heteroatoms. The van der Waals surface area contributed by atoms with Crippen LogP contribution in [0.15, 0.2) is 42.5 Å². The average Bonchev–Trinajstić information content (AvgIpc) is 2.61. The fourth-order valence-electron chi connectivity index (χ4n) is 3.19. The molecule has 0 spiro atoms. The third kappa shape index (κ3) is 5.11. The summed E-state index contributed by atoms with van der Waals surface area (Å²) in [6, 6.07) is 13.4. The monoisotopic (exact) mass is 405 g/mol. The summed E-state index contributed by atoms with van der Waals surface area (Å²) in [5.74, 6) is 2.61. The molecule has 0 bridgehead atoms. The molecule has 1 heterocycles. The van der Waals surface area contributed by atoms with Gasteiger partial charge < -0.3 is 14.8 Å². The first-order valence-electron chi connectivity index (χ1n) is 8.85. The summed E-state index contributed by atoms with van der Waals surface area (Å²) < 4.78 is 11.4. The third-order valence-electron chi connectivity index (χ3n) is 4.46. The molecule has 3 rings (SSSR count). The smallest absolute Gasteiger partial charge is 0.230 e. The van der Waals surface area contributed by atoms with Gasteiger partial charge in [0.25, 0.3) is 0 Å². The Morgan fingerprint density at radius 3 is 2.85 bits per heavy atom. The summed E-state index contributed by atoms with van der Waals surface area (Å²) in [6.45, 7) is 4.06. The van der Waals surface area contributed by atoms with Gasteiger partial charge in [0.15, 0.2) is 0 Å². The summed E-state index contributed by atoms with van der Waals surface area (Å²) >= 11 is 7.73. The van der Waals surface area contributed by atoms with Crippen molar-refractivity contribution in [2.75, 3.05) is 12.9 Å². The fraction of sp³-hybridized carbons (Fsp3) is 0.381. The Hall–Kier alpha value is -1.85. The SMILES string of the molecule is COc1ccc2c(c1)OC(C)(C)C[C@H]2NC(=O)CSCc1ccccc1Cl. The van der Waals surface area contributed by atoms with Gasteiger partial charge in [0.1, 0.15) is 17.1 Å². The minimum atomic E-state index is -0.359. The minimum absolute atomic E-state index is 0.0107. The van der Waals surface area contributed by atoms with E-state index in [2.05, 4.69) is 5.32 Å². The van der Waals surface area contributed by atoms with Gasteiger partial charge in [-0.1, -0.05) is 29.8 Å². The molecule has 144 valence electrons. The van der Waals surface area contributed by atoms with Crippen LogP contribution >= 0.6 is 23.4 Å². The van der Waals surface area contributed by atoms with Crippen LogP contribution in [-0.4, -0.2) is 24.4 Å².